The summed E-state index contributed by atoms with van der Waals surface area (Å²) in [5.41, 5.74) is 0. The minimum Gasteiger partial charge on any atom is -0.466 e. The van der Waals surface area contributed by atoms with Gasteiger partial charge in [0.15, 0.2) is 0 Å². The predicted octanol–water partition coefficient (Wildman–Crippen LogP) is 21.8. The molecular formula is C69H133NO5. The van der Waals surface area contributed by atoms with Gasteiger partial charge >= 0.3 is 5.97 Å². The summed E-state index contributed by atoms with van der Waals surface area (Å²) in [5.74, 6) is -0.0214. The van der Waals surface area contributed by atoms with Crippen LogP contribution in [0.25, 0.3) is 0 Å². The van der Waals surface area contributed by atoms with Gasteiger partial charge in [-0.05, 0) is 77.0 Å². The molecule has 0 spiro atoms. The van der Waals surface area contributed by atoms with Crippen molar-refractivity contribution in [2.75, 3.05) is 13.2 Å². The van der Waals surface area contributed by atoms with Crippen LogP contribution in [0.3, 0.4) is 0 Å². The summed E-state index contributed by atoms with van der Waals surface area (Å²) in [7, 11) is 0. The topological polar surface area (TPSA) is 95.9 Å². The summed E-state index contributed by atoms with van der Waals surface area (Å²) in [6.07, 6.45) is 80.7. The Morgan fingerprint density at radius 2 is 0.627 bits per heavy atom. The van der Waals surface area contributed by atoms with Gasteiger partial charge in [0.2, 0.25) is 5.91 Å². The molecule has 0 aromatic rings. The highest BCUT2D eigenvalue weighted by Gasteiger charge is 2.20. The van der Waals surface area contributed by atoms with Gasteiger partial charge in [0.05, 0.1) is 25.4 Å². The van der Waals surface area contributed by atoms with Crippen molar-refractivity contribution >= 4 is 11.9 Å². The minimum atomic E-state index is -0.664. The molecule has 2 unspecified atom stereocenters. The molecule has 3 N–H and O–H groups in total. The fourth-order valence-corrected chi connectivity index (χ4v) is 10.7. The van der Waals surface area contributed by atoms with E-state index in [0.717, 1.165) is 44.9 Å². The Labute approximate surface area is 469 Å². The van der Waals surface area contributed by atoms with Crippen LogP contribution in [-0.2, 0) is 14.3 Å². The summed E-state index contributed by atoms with van der Waals surface area (Å²) in [6.45, 7) is 4.97. The Kier molecular flexibility index (Phi) is 63.4. The van der Waals surface area contributed by atoms with Gasteiger partial charge in [-0.1, -0.05) is 314 Å². The van der Waals surface area contributed by atoms with E-state index in [4.69, 9.17) is 4.74 Å². The summed E-state index contributed by atoms with van der Waals surface area (Å²) < 4.78 is 5.50. The maximum Gasteiger partial charge on any atom is 0.305 e. The molecule has 6 heteroatoms. The molecule has 0 bridgehead atoms. The van der Waals surface area contributed by atoms with Crippen LogP contribution in [0.15, 0.2) is 24.3 Å². The quantitative estimate of drug-likeness (QED) is 0.0320. The Bertz CT molecular complexity index is 1170. The van der Waals surface area contributed by atoms with Crippen molar-refractivity contribution in [1.82, 2.24) is 5.32 Å². The van der Waals surface area contributed by atoms with Gasteiger partial charge in [0, 0.05) is 12.8 Å². The number of hydrogen-bond donors (Lipinski definition) is 3. The average Bonchev–Trinajstić information content (AvgIpc) is 3.41. The Hall–Kier alpha value is -1.66. The molecule has 75 heavy (non-hydrogen) atoms. The molecule has 444 valence electrons. The number of ether oxygens (including phenoxy) is 1. The number of nitrogens with one attached hydrogen (secondary N) is 1. The molecule has 1 amide bonds. The Morgan fingerprint density at radius 3 is 0.947 bits per heavy atom. The Morgan fingerprint density at radius 1 is 0.360 bits per heavy atom. The SMILES string of the molecule is CCCCCCCCC/C=C\CCCCCCCCCC(=O)OCCCCCCCCCCCCCC/C=C\CCCCCCCCCCCCCC(=O)NC(CO)C(O)CCCCCCCCCCCCCCC. The summed E-state index contributed by atoms with van der Waals surface area (Å²) in [5, 5.41) is 23.3. The molecule has 0 heterocycles. The van der Waals surface area contributed by atoms with E-state index in [1.807, 2.05) is 0 Å². The number of esters is 1. The lowest BCUT2D eigenvalue weighted by molar-refractivity contribution is -0.143. The zero-order valence-electron chi connectivity index (χ0n) is 50.8. The van der Waals surface area contributed by atoms with E-state index in [1.165, 1.54) is 302 Å². The number of rotatable bonds is 64. The molecule has 2 atom stereocenters. The summed E-state index contributed by atoms with van der Waals surface area (Å²) >= 11 is 0. The molecule has 0 radical (unpaired) electrons. The fraction of sp³-hybridized carbons (Fsp3) is 0.913. The Balaban J connectivity index is 3.36. The molecule has 0 aliphatic rings. The van der Waals surface area contributed by atoms with Gasteiger partial charge in [-0.25, -0.2) is 0 Å². The zero-order chi connectivity index (χ0) is 54.3. The highest BCUT2D eigenvalue weighted by molar-refractivity contribution is 5.76. The molecule has 0 aromatic carbocycles. The van der Waals surface area contributed by atoms with Crippen LogP contribution in [-0.4, -0.2) is 47.4 Å². The molecule has 0 aliphatic heterocycles. The van der Waals surface area contributed by atoms with Crippen molar-refractivity contribution in [3.05, 3.63) is 24.3 Å². The van der Waals surface area contributed by atoms with Crippen LogP contribution < -0.4 is 5.32 Å². The minimum absolute atomic E-state index is 0.0128. The molecule has 0 fully saturated rings. The van der Waals surface area contributed by atoms with Crippen LogP contribution in [0.4, 0.5) is 0 Å². The average molecular weight is 1060 g/mol. The van der Waals surface area contributed by atoms with Gasteiger partial charge in [0.25, 0.3) is 0 Å². The first-order valence-electron chi connectivity index (χ1n) is 34.1. The number of carbonyl (C=O) groups excluding carboxylic acids is 2. The van der Waals surface area contributed by atoms with Gasteiger partial charge in [-0.15, -0.1) is 0 Å². The van der Waals surface area contributed by atoms with Crippen molar-refractivity contribution in [2.45, 2.75) is 392 Å². The number of allylic oxidation sites excluding steroid dienone is 4. The van der Waals surface area contributed by atoms with Crippen molar-refractivity contribution < 1.29 is 24.5 Å². The number of aliphatic hydroxyl groups excluding tert-OH is 2. The lowest BCUT2D eigenvalue weighted by Crippen LogP contribution is -2.45. The second-order valence-corrected chi connectivity index (χ2v) is 23.5. The third-order valence-electron chi connectivity index (χ3n) is 16.0. The van der Waals surface area contributed by atoms with E-state index in [2.05, 4.69) is 43.5 Å². The number of carbonyl (C=O) groups is 2. The lowest BCUT2D eigenvalue weighted by Gasteiger charge is -2.22. The van der Waals surface area contributed by atoms with Crippen LogP contribution in [0.5, 0.6) is 0 Å². The molecule has 0 saturated carbocycles. The first-order chi connectivity index (χ1) is 37.0. The van der Waals surface area contributed by atoms with Crippen molar-refractivity contribution in [2.24, 2.45) is 0 Å². The lowest BCUT2D eigenvalue weighted by atomic mass is 10.0. The molecule has 0 aromatic heterocycles. The van der Waals surface area contributed by atoms with E-state index in [1.54, 1.807) is 0 Å². The number of amides is 1. The third kappa shape index (κ3) is 61.4. The number of aliphatic hydroxyl groups is 2. The van der Waals surface area contributed by atoms with E-state index in [9.17, 15) is 19.8 Å². The van der Waals surface area contributed by atoms with Crippen molar-refractivity contribution in [1.29, 1.82) is 0 Å². The van der Waals surface area contributed by atoms with Crippen LogP contribution in [0.1, 0.15) is 380 Å². The standard InChI is InChI=1S/C69H133NO5/c1-3-5-7-9-11-13-15-17-18-19-32-35-39-43-47-51-55-59-63-69(74)75-64-60-56-52-48-44-40-36-33-30-28-26-24-22-20-21-23-25-27-29-31-34-38-42-46-50-54-58-62-68(73)70-66(65-71)67(72)61-57-53-49-45-41-37-16-14-12-10-8-6-4-2/h18-21,66-67,71-72H,3-17,22-65H2,1-2H3,(H,70,73)/b19-18-,21-20-. The first-order valence-corrected chi connectivity index (χ1v) is 34.1. The van der Waals surface area contributed by atoms with E-state index < -0.39 is 12.1 Å². The monoisotopic (exact) mass is 1060 g/mol. The largest absolute Gasteiger partial charge is 0.466 e. The zero-order valence-corrected chi connectivity index (χ0v) is 50.8. The number of unbranched alkanes of at least 4 members (excludes halogenated alkanes) is 49. The highest BCUT2D eigenvalue weighted by atomic mass is 16.5. The first kappa shape index (κ1) is 73.3. The van der Waals surface area contributed by atoms with Gasteiger partial charge in [-0.2, -0.15) is 0 Å². The molecule has 0 rings (SSSR count). The second-order valence-electron chi connectivity index (χ2n) is 23.5. The summed E-state index contributed by atoms with van der Waals surface area (Å²) in [6, 6.07) is -0.541. The highest BCUT2D eigenvalue weighted by Crippen LogP contribution is 2.18. The predicted molar refractivity (Wildman–Crippen MR) is 329 cm³/mol. The van der Waals surface area contributed by atoms with Crippen LogP contribution in [0.2, 0.25) is 0 Å². The van der Waals surface area contributed by atoms with Crippen molar-refractivity contribution in [3.63, 3.8) is 0 Å². The number of hydrogen-bond acceptors (Lipinski definition) is 5. The van der Waals surface area contributed by atoms with Gasteiger partial charge in [0.1, 0.15) is 0 Å². The maximum atomic E-state index is 12.5. The fourth-order valence-electron chi connectivity index (χ4n) is 10.7. The van der Waals surface area contributed by atoms with Crippen LogP contribution >= 0.6 is 0 Å². The maximum absolute atomic E-state index is 12.5. The van der Waals surface area contributed by atoms with E-state index in [0.29, 0.717) is 25.9 Å². The summed E-state index contributed by atoms with van der Waals surface area (Å²) in [4.78, 5) is 24.6. The smallest absolute Gasteiger partial charge is 0.305 e. The normalized spacial score (nSPS) is 12.6. The van der Waals surface area contributed by atoms with Crippen LogP contribution in [0, 0.1) is 0 Å². The van der Waals surface area contributed by atoms with Crippen molar-refractivity contribution in [3.8, 4) is 0 Å². The van der Waals surface area contributed by atoms with Gasteiger partial charge in [-0.3, -0.25) is 9.59 Å². The van der Waals surface area contributed by atoms with E-state index in [-0.39, 0.29) is 18.5 Å². The van der Waals surface area contributed by atoms with E-state index >= 15 is 0 Å². The molecule has 0 aliphatic carbocycles. The molecule has 6 nitrogen and oxygen atoms in total. The molecule has 0 saturated heterocycles. The second kappa shape index (κ2) is 64.9. The third-order valence-corrected chi connectivity index (χ3v) is 16.0. The molecular weight excluding hydrogens is 923 g/mol. The van der Waals surface area contributed by atoms with Gasteiger partial charge < -0.3 is 20.3 Å².